The van der Waals surface area contributed by atoms with Gasteiger partial charge in [0.05, 0.1) is 17.0 Å². The maximum absolute atomic E-state index is 13.5. The summed E-state index contributed by atoms with van der Waals surface area (Å²) in [7, 11) is 0. The van der Waals surface area contributed by atoms with Gasteiger partial charge in [0.15, 0.2) is 0 Å². The maximum atomic E-state index is 13.5. The number of hydrogen-bond donors (Lipinski definition) is 0. The van der Waals surface area contributed by atoms with E-state index < -0.39 is 0 Å². The van der Waals surface area contributed by atoms with Crippen LogP contribution in [0.5, 0.6) is 0 Å². The second-order valence-corrected chi connectivity index (χ2v) is 8.95. The zero-order valence-corrected chi connectivity index (χ0v) is 18.9. The van der Waals surface area contributed by atoms with Crippen molar-refractivity contribution in [1.29, 1.82) is 0 Å². The van der Waals surface area contributed by atoms with Crippen molar-refractivity contribution in [2.24, 2.45) is 0 Å². The van der Waals surface area contributed by atoms with Crippen molar-refractivity contribution >= 4 is 23.2 Å². The first-order valence-electron chi connectivity index (χ1n) is 11.0. The first kappa shape index (κ1) is 21.2. The van der Waals surface area contributed by atoms with Gasteiger partial charge in [0.2, 0.25) is 0 Å². The highest BCUT2D eigenvalue weighted by Gasteiger charge is 2.28. The van der Waals surface area contributed by atoms with Crippen LogP contribution < -0.4 is 0 Å². The van der Waals surface area contributed by atoms with Gasteiger partial charge >= 0.3 is 0 Å². The Morgan fingerprint density at radius 2 is 1.42 bits per heavy atom. The Kier molecular flexibility index (Phi) is 6.04. The molecule has 33 heavy (non-hydrogen) atoms. The summed E-state index contributed by atoms with van der Waals surface area (Å²) in [5.74, 6) is -0.00542. The van der Waals surface area contributed by atoms with Crippen LogP contribution in [0, 0.1) is 0 Å². The van der Waals surface area contributed by atoms with Crippen LogP contribution in [-0.2, 0) is 6.54 Å². The van der Waals surface area contributed by atoms with Crippen molar-refractivity contribution in [2.45, 2.75) is 6.54 Å². The van der Waals surface area contributed by atoms with Gasteiger partial charge in [-0.25, -0.2) is 0 Å². The topological polar surface area (TPSA) is 58.4 Å². The molecule has 6 nitrogen and oxygen atoms in total. The first-order valence-corrected chi connectivity index (χ1v) is 11.9. The molecule has 2 aromatic heterocycles. The van der Waals surface area contributed by atoms with Crippen LogP contribution >= 0.6 is 11.3 Å². The zero-order valence-electron chi connectivity index (χ0n) is 18.1. The summed E-state index contributed by atoms with van der Waals surface area (Å²) in [4.78, 5) is 30.6. The number of amides is 2. The fraction of sp³-hybridized carbons (Fsp3) is 0.192. The van der Waals surface area contributed by atoms with E-state index in [-0.39, 0.29) is 11.8 Å². The molecule has 0 atom stereocenters. The standard InChI is InChI=1S/C26H24N4O2S/c31-25(28-13-15-29(16-14-28)26(32)23-12-7-17-33-23)22-19-30(18-20-8-3-1-4-9-20)27-24(22)21-10-5-2-6-11-21/h1-12,17,19H,13-16,18H2. The fourth-order valence-electron chi connectivity index (χ4n) is 4.08. The third kappa shape index (κ3) is 4.59. The van der Waals surface area contributed by atoms with Gasteiger partial charge in [0.1, 0.15) is 5.69 Å². The van der Waals surface area contributed by atoms with Crippen molar-refractivity contribution in [1.82, 2.24) is 19.6 Å². The number of nitrogens with zero attached hydrogens (tertiary/aromatic N) is 4. The monoisotopic (exact) mass is 456 g/mol. The molecule has 4 aromatic rings. The predicted molar refractivity (Wildman–Crippen MR) is 129 cm³/mol. The van der Waals surface area contributed by atoms with Gasteiger partial charge in [-0.05, 0) is 17.0 Å². The third-order valence-corrected chi connectivity index (χ3v) is 6.67. The van der Waals surface area contributed by atoms with Crippen molar-refractivity contribution in [2.75, 3.05) is 26.2 Å². The molecule has 2 amide bonds. The molecule has 1 aliphatic rings. The van der Waals surface area contributed by atoms with E-state index in [1.54, 1.807) is 0 Å². The highest BCUT2D eigenvalue weighted by atomic mass is 32.1. The summed E-state index contributed by atoms with van der Waals surface area (Å²) >= 11 is 1.45. The van der Waals surface area contributed by atoms with E-state index in [0.29, 0.717) is 44.0 Å². The second-order valence-electron chi connectivity index (χ2n) is 8.00. The van der Waals surface area contributed by atoms with Crippen LogP contribution in [0.3, 0.4) is 0 Å². The minimum Gasteiger partial charge on any atom is -0.335 e. The maximum Gasteiger partial charge on any atom is 0.264 e. The predicted octanol–water partition coefficient (Wildman–Crippen LogP) is 4.26. The van der Waals surface area contributed by atoms with Crippen molar-refractivity contribution in [3.05, 3.63) is 100 Å². The Labute approximate surface area is 196 Å². The fourth-order valence-corrected chi connectivity index (χ4v) is 4.77. The molecule has 2 aromatic carbocycles. The van der Waals surface area contributed by atoms with E-state index in [1.807, 2.05) is 86.7 Å². The van der Waals surface area contributed by atoms with Gasteiger partial charge in [0, 0.05) is 37.9 Å². The highest BCUT2D eigenvalue weighted by Crippen LogP contribution is 2.24. The lowest BCUT2D eigenvalue weighted by atomic mass is 10.1. The molecule has 0 aliphatic carbocycles. The minimum atomic E-state index is -0.0450. The van der Waals surface area contributed by atoms with Gasteiger partial charge in [0.25, 0.3) is 11.8 Å². The van der Waals surface area contributed by atoms with E-state index in [9.17, 15) is 9.59 Å². The Bertz CT molecular complexity index is 1230. The molecule has 0 radical (unpaired) electrons. The van der Waals surface area contributed by atoms with E-state index >= 15 is 0 Å². The molecule has 0 unspecified atom stereocenters. The van der Waals surface area contributed by atoms with Crippen molar-refractivity contribution < 1.29 is 9.59 Å². The zero-order chi connectivity index (χ0) is 22.6. The lowest BCUT2D eigenvalue weighted by Crippen LogP contribution is -2.50. The number of aromatic nitrogens is 2. The average Bonchev–Trinajstić information content (AvgIpc) is 3.55. The molecule has 7 heteroatoms. The highest BCUT2D eigenvalue weighted by molar-refractivity contribution is 7.12. The van der Waals surface area contributed by atoms with Gasteiger partial charge in [-0.3, -0.25) is 14.3 Å². The SMILES string of the molecule is O=C(c1cccs1)N1CCN(C(=O)c2cn(Cc3ccccc3)nc2-c2ccccc2)CC1. The lowest BCUT2D eigenvalue weighted by molar-refractivity contribution is 0.0538. The molecule has 0 saturated carbocycles. The summed E-state index contributed by atoms with van der Waals surface area (Å²) in [6.45, 7) is 2.67. The smallest absolute Gasteiger partial charge is 0.264 e. The molecule has 0 N–H and O–H groups in total. The summed E-state index contributed by atoms with van der Waals surface area (Å²) in [6.07, 6.45) is 1.85. The normalized spacial score (nSPS) is 13.8. The van der Waals surface area contributed by atoms with Crippen LogP contribution in [0.25, 0.3) is 11.3 Å². The molecule has 5 rings (SSSR count). The molecule has 0 bridgehead atoms. The van der Waals surface area contributed by atoms with Crippen LogP contribution in [0.15, 0.2) is 84.4 Å². The van der Waals surface area contributed by atoms with Gasteiger partial charge in [-0.2, -0.15) is 5.10 Å². The van der Waals surface area contributed by atoms with Gasteiger partial charge < -0.3 is 9.80 Å². The largest absolute Gasteiger partial charge is 0.335 e. The summed E-state index contributed by atoms with van der Waals surface area (Å²) in [6, 6.07) is 23.6. The van der Waals surface area contributed by atoms with E-state index in [0.717, 1.165) is 16.0 Å². The Morgan fingerprint density at radius 1 is 0.788 bits per heavy atom. The number of thiophene rings is 1. The molecule has 0 spiro atoms. The van der Waals surface area contributed by atoms with E-state index in [2.05, 4.69) is 12.1 Å². The molecular formula is C26H24N4O2S. The summed E-state index contributed by atoms with van der Waals surface area (Å²) in [5.41, 5.74) is 3.32. The molecular weight excluding hydrogens is 432 g/mol. The van der Waals surface area contributed by atoms with E-state index in [4.69, 9.17) is 5.10 Å². The van der Waals surface area contributed by atoms with Gasteiger partial charge in [-0.15, -0.1) is 11.3 Å². The van der Waals surface area contributed by atoms with Gasteiger partial charge in [-0.1, -0.05) is 66.7 Å². The first-order chi connectivity index (χ1) is 16.2. The number of hydrogen-bond acceptors (Lipinski definition) is 4. The lowest BCUT2D eigenvalue weighted by Gasteiger charge is -2.34. The van der Waals surface area contributed by atoms with E-state index in [1.165, 1.54) is 11.3 Å². The molecule has 166 valence electrons. The minimum absolute atomic E-state index is 0.0396. The molecule has 1 saturated heterocycles. The second kappa shape index (κ2) is 9.42. The third-order valence-electron chi connectivity index (χ3n) is 5.81. The Balaban J connectivity index is 1.36. The summed E-state index contributed by atoms with van der Waals surface area (Å²) < 4.78 is 1.83. The Hall–Kier alpha value is -3.71. The number of carbonyl (C=O) groups is 2. The molecule has 3 heterocycles. The number of rotatable bonds is 5. The quantitative estimate of drug-likeness (QED) is 0.451. The van der Waals surface area contributed by atoms with Crippen LogP contribution in [0.1, 0.15) is 25.6 Å². The molecule has 1 aliphatic heterocycles. The van der Waals surface area contributed by atoms with Crippen molar-refractivity contribution in [3.63, 3.8) is 0 Å². The van der Waals surface area contributed by atoms with Crippen LogP contribution in [-0.4, -0.2) is 57.6 Å². The summed E-state index contributed by atoms with van der Waals surface area (Å²) in [5, 5.41) is 6.68. The Morgan fingerprint density at radius 3 is 2.06 bits per heavy atom. The number of benzene rings is 2. The average molecular weight is 457 g/mol. The number of piperazine rings is 1. The molecule has 1 fully saturated rings. The number of carbonyl (C=O) groups excluding carboxylic acids is 2. The van der Waals surface area contributed by atoms with Crippen LogP contribution in [0.4, 0.5) is 0 Å². The van der Waals surface area contributed by atoms with Crippen LogP contribution in [0.2, 0.25) is 0 Å². The van der Waals surface area contributed by atoms with Crippen molar-refractivity contribution in [3.8, 4) is 11.3 Å².